The van der Waals surface area contributed by atoms with E-state index >= 15 is 0 Å². The van der Waals surface area contributed by atoms with E-state index in [0.717, 1.165) is 11.1 Å². The van der Waals surface area contributed by atoms with Crippen molar-refractivity contribution in [2.24, 2.45) is 0 Å². The minimum absolute atomic E-state index is 0.322. The number of aryl methyl sites for hydroxylation is 1. The lowest BCUT2D eigenvalue weighted by atomic mass is 9.88. The van der Waals surface area contributed by atoms with E-state index in [0.29, 0.717) is 28.5 Å². The second kappa shape index (κ2) is 4.80. The van der Waals surface area contributed by atoms with E-state index in [2.05, 4.69) is 4.98 Å². The first kappa shape index (κ1) is 13.2. The summed E-state index contributed by atoms with van der Waals surface area (Å²) in [5, 5.41) is 21.0. The van der Waals surface area contributed by atoms with Crippen molar-refractivity contribution in [1.82, 2.24) is 4.98 Å². The molecule has 22 heavy (non-hydrogen) atoms. The van der Waals surface area contributed by atoms with Gasteiger partial charge in [0.15, 0.2) is 5.76 Å². The maximum Gasteiger partial charge on any atom is 0.226 e. The normalized spacial score (nSPS) is 19.6. The van der Waals surface area contributed by atoms with Gasteiger partial charge in [-0.15, -0.1) is 0 Å². The Kier molecular flexibility index (Phi) is 2.89. The molecule has 4 rings (SSSR count). The van der Waals surface area contributed by atoms with Gasteiger partial charge >= 0.3 is 0 Å². The van der Waals surface area contributed by atoms with Crippen molar-refractivity contribution in [3.63, 3.8) is 0 Å². The molecule has 0 amide bonds. The van der Waals surface area contributed by atoms with Crippen LogP contribution in [0.25, 0.3) is 11.5 Å². The zero-order valence-electron chi connectivity index (χ0n) is 12.0. The molecule has 4 nitrogen and oxygen atoms in total. The molecule has 3 aromatic rings. The van der Waals surface area contributed by atoms with Gasteiger partial charge in [0.2, 0.25) is 5.89 Å². The van der Waals surface area contributed by atoms with E-state index in [4.69, 9.17) is 4.42 Å². The molecule has 0 saturated carbocycles. The van der Waals surface area contributed by atoms with Gasteiger partial charge in [-0.3, -0.25) is 0 Å². The van der Waals surface area contributed by atoms with Crippen LogP contribution in [0.3, 0.4) is 0 Å². The summed E-state index contributed by atoms with van der Waals surface area (Å²) in [6, 6.07) is 15.0. The lowest BCUT2D eigenvalue weighted by Gasteiger charge is -2.23. The molecule has 0 saturated heterocycles. The fourth-order valence-corrected chi connectivity index (χ4v) is 2.93. The largest absolute Gasteiger partial charge is 0.438 e. The Morgan fingerprint density at radius 3 is 2.41 bits per heavy atom. The topological polar surface area (TPSA) is 66.5 Å². The van der Waals surface area contributed by atoms with Gasteiger partial charge in [-0.1, -0.05) is 42.0 Å². The van der Waals surface area contributed by atoms with Crippen LogP contribution >= 0.6 is 0 Å². The molecule has 1 heterocycles. The Bertz CT molecular complexity index is 807. The summed E-state index contributed by atoms with van der Waals surface area (Å²) in [5.41, 5.74) is 3.65. The molecular formula is C18H15NO3. The monoisotopic (exact) mass is 293 g/mol. The Balaban J connectivity index is 1.86. The first-order valence-electron chi connectivity index (χ1n) is 7.18. The molecule has 110 valence electrons. The first-order valence-corrected chi connectivity index (χ1v) is 7.18. The van der Waals surface area contributed by atoms with Crippen LogP contribution in [0.1, 0.15) is 40.4 Å². The highest BCUT2D eigenvalue weighted by Gasteiger charge is 2.35. The maximum atomic E-state index is 10.5. The molecule has 2 unspecified atom stereocenters. The van der Waals surface area contributed by atoms with Gasteiger partial charge in [-0.2, -0.15) is 0 Å². The number of nitrogens with zero attached hydrogens (tertiary/aromatic N) is 1. The standard InChI is InChI=1S/C18H15NO3/c1-10-5-4-6-11(9-10)18-19-14-15(20)12-7-2-3-8-13(12)16(21)17(14)22-18/h2-9,15-16,20-21H,1H3. The number of rotatable bonds is 1. The summed E-state index contributed by atoms with van der Waals surface area (Å²) in [6.45, 7) is 1.99. The Labute approximate surface area is 127 Å². The second-order valence-corrected chi connectivity index (χ2v) is 5.57. The third-order valence-corrected chi connectivity index (χ3v) is 4.04. The molecule has 1 aromatic heterocycles. The highest BCUT2D eigenvalue weighted by Crippen LogP contribution is 2.42. The molecule has 2 atom stereocenters. The van der Waals surface area contributed by atoms with Gasteiger partial charge in [-0.25, -0.2) is 4.98 Å². The average molecular weight is 293 g/mol. The summed E-state index contributed by atoms with van der Waals surface area (Å²) in [4.78, 5) is 4.42. The first-order chi connectivity index (χ1) is 10.6. The van der Waals surface area contributed by atoms with Crippen LogP contribution in [0.15, 0.2) is 52.9 Å². The Morgan fingerprint density at radius 2 is 1.68 bits per heavy atom. The van der Waals surface area contributed by atoms with E-state index in [1.807, 2.05) is 43.3 Å². The Morgan fingerprint density at radius 1 is 0.955 bits per heavy atom. The van der Waals surface area contributed by atoms with Crippen molar-refractivity contribution >= 4 is 0 Å². The number of hydrogen-bond acceptors (Lipinski definition) is 4. The zero-order chi connectivity index (χ0) is 15.3. The predicted molar refractivity (Wildman–Crippen MR) is 81.2 cm³/mol. The SMILES string of the molecule is Cc1cccc(-c2nc3c(o2)C(O)c2ccccc2C3O)c1. The van der Waals surface area contributed by atoms with Crippen LogP contribution in [0.5, 0.6) is 0 Å². The van der Waals surface area contributed by atoms with Crippen molar-refractivity contribution in [2.45, 2.75) is 19.1 Å². The maximum absolute atomic E-state index is 10.5. The molecule has 0 fully saturated rings. The third kappa shape index (κ3) is 1.89. The summed E-state index contributed by atoms with van der Waals surface area (Å²) < 4.78 is 5.77. The van der Waals surface area contributed by atoms with Crippen LogP contribution < -0.4 is 0 Å². The number of aromatic nitrogens is 1. The predicted octanol–water partition coefficient (Wildman–Crippen LogP) is 3.13. The van der Waals surface area contributed by atoms with Gasteiger partial charge in [0, 0.05) is 5.56 Å². The van der Waals surface area contributed by atoms with Crippen LogP contribution in [-0.4, -0.2) is 15.2 Å². The molecular weight excluding hydrogens is 278 g/mol. The quantitative estimate of drug-likeness (QED) is 0.723. The lowest BCUT2D eigenvalue weighted by molar-refractivity contribution is 0.151. The molecule has 0 aliphatic heterocycles. The van der Waals surface area contributed by atoms with Crippen LogP contribution in [0.4, 0.5) is 0 Å². The van der Waals surface area contributed by atoms with Crippen molar-refractivity contribution < 1.29 is 14.6 Å². The molecule has 2 aromatic carbocycles. The molecule has 0 spiro atoms. The van der Waals surface area contributed by atoms with Crippen LogP contribution in [0.2, 0.25) is 0 Å². The van der Waals surface area contributed by atoms with Crippen molar-refractivity contribution in [3.05, 3.63) is 76.7 Å². The zero-order valence-corrected chi connectivity index (χ0v) is 12.0. The van der Waals surface area contributed by atoms with Crippen molar-refractivity contribution in [1.29, 1.82) is 0 Å². The molecule has 4 heteroatoms. The molecule has 0 bridgehead atoms. The summed E-state index contributed by atoms with van der Waals surface area (Å²) in [7, 11) is 0. The number of benzene rings is 2. The van der Waals surface area contributed by atoms with Crippen LogP contribution in [0, 0.1) is 6.92 Å². The minimum atomic E-state index is -0.902. The minimum Gasteiger partial charge on any atom is -0.438 e. The van der Waals surface area contributed by atoms with Crippen molar-refractivity contribution in [3.8, 4) is 11.5 Å². The number of hydrogen-bond donors (Lipinski definition) is 2. The van der Waals surface area contributed by atoms with E-state index in [-0.39, 0.29) is 0 Å². The lowest BCUT2D eigenvalue weighted by Crippen LogP contribution is -2.16. The van der Waals surface area contributed by atoms with Gasteiger partial charge in [0.1, 0.15) is 17.9 Å². The fraction of sp³-hybridized carbons (Fsp3) is 0.167. The van der Waals surface area contributed by atoms with Gasteiger partial charge in [0.05, 0.1) is 0 Å². The summed E-state index contributed by atoms with van der Waals surface area (Å²) >= 11 is 0. The van der Waals surface area contributed by atoms with E-state index in [1.165, 1.54) is 0 Å². The number of aliphatic hydroxyl groups is 2. The fourth-order valence-electron chi connectivity index (χ4n) is 2.93. The molecule has 1 aliphatic rings. The van der Waals surface area contributed by atoms with E-state index < -0.39 is 12.2 Å². The van der Waals surface area contributed by atoms with Crippen LogP contribution in [-0.2, 0) is 0 Å². The molecule has 2 N–H and O–H groups in total. The van der Waals surface area contributed by atoms with Gasteiger partial charge in [-0.05, 0) is 30.2 Å². The Hall–Kier alpha value is -2.43. The molecule has 0 radical (unpaired) electrons. The van der Waals surface area contributed by atoms with E-state index in [1.54, 1.807) is 12.1 Å². The van der Waals surface area contributed by atoms with Gasteiger partial charge in [0.25, 0.3) is 0 Å². The number of fused-ring (bicyclic) bond motifs is 2. The highest BCUT2D eigenvalue weighted by molar-refractivity contribution is 5.56. The smallest absolute Gasteiger partial charge is 0.226 e. The second-order valence-electron chi connectivity index (χ2n) is 5.57. The summed E-state index contributed by atoms with van der Waals surface area (Å²) in [5.74, 6) is 0.738. The number of aliphatic hydroxyl groups excluding tert-OH is 2. The highest BCUT2D eigenvalue weighted by atomic mass is 16.4. The number of oxazole rings is 1. The summed E-state index contributed by atoms with van der Waals surface area (Å²) in [6.07, 6.45) is -1.78. The average Bonchev–Trinajstić information content (AvgIpc) is 2.98. The van der Waals surface area contributed by atoms with Gasteiger partial charge < -0.3 is 14.6 Å². The molecule has 1 aliphatic carbocycles. The van der Waals surface area contributed by atoms with Crippen molar-refractivity contribution in [2.75, 3.05) is 0 Å². The van der Waals surface area contributed by atoms with E-state index in [9.17, 15) is 10.2 Å². The third-order valence-electron chi connectivity index (χ3n) is 4.04.